The Hall–Kier alpha value is -1.91. The summed E-state index contributed by atoms with van der Waals surface area (Å²) in [6, 6.07) is 0. The minimum atomic E-state index is -0.219. The Labute approximate surface area is 74.5 Å². The summed E-state index contributed by atoms with van der Waals surface area (Å²) in [5.41, 5.74) is 0.601. The second kappa shape index (κ2) is 2.85. The van der Waals surface area contributed by atoms with Gasteiger partial charge >= 0.3 is 0 Å². The molecule has 0 bridgehead atoms. The van der Waals surface area contributed by atoms with Gasteiger partial charge in [0.1, 0.15) is 0 Å². The van der Waals surface area contributed by atoms with E-state index in [0.717, 1.165) is 0 Å². The van der Waals surface area contributed by atoms with Crippen molar-refractivity contribution in [1.29, 1.82) is 0 Å². The Kier molecular flexibility index (Phi) is 1.70. The average Bonchev–Trinajstić information content (AvgIpc) is 2.16. The molecule has 1 aliphatic rings. The summed E-state index contributed by atoms with van der Waals surface area (Å²) in [5, 5.41) is 2.55. The van der Waals surface area contributed by atoms with Crippen LogP contribution in [0.3, 0.4) is 0 Å². The lowest BCUT2D eigenvalue weighted by Crippen LogP contribution is -2.26. The van der Waals surface area contributed by atoms with E-state index in [4.69, 9.17) is 4.74 Å². The van der Waals surface area contributed by atoms with Gasteiger partial charge in [-0.15, -0.1) is 0 Å². The number of hydrogen-bond acceptors (Lipinski definition) is 4. The topological polar surface area (TPSA) is 64.1 Å². The van der Waals surface area contributed by atoms with Crippen LogP contribution in [0.5, 0.6) is 5.88 Å². The van der Waals surface area contributed by atoms with Gasteiger partial charge in [0.05, 0.1) is 11.9 Å². The molecule has 0 atom stereocenters. The second-order valence-electron chi connectivity index (χ2n) is 2.49. The van der Waals surface area contributed by atoms with Gasteiger partial charge in [0.15, 0.2) is 12.4 Å². The fraction of sp³-hybridized carbons (Fsp3) is 0.125. The summed E-state index contributed by atoms with van der Waals surface area (Å²) < 4.78 is 5.02. The number of nitrogens with zero attached hydrogens (tertiary/aromatic N) is 2. The summed E-state index contributed by atoms with van der Waals surface area (Å²) in [6.45, 7) is 3.54. The van der Waals surface area contributed by atoms with Crippen LogP contribution in [0.4, 0.5) is 5.82 Å². The molecule has 5 heteroatoms. The van der Waals surface area contributed by atoms with Crippen molar-refractivity contribution in [1.82, 2.24) is 9.97 Å². The molecule has 1 aromatic heterocycles. The highest BCUT2D eigenvalue weighted by Crippen LogP contribution is 2.21. The zero-order valence-electron chi connectivity index (χ0n) is 6.78. The van der Waals surface area contributed by atoms with Crippen LogP contribution in [-0.2, 0) is 4.79 Å². The fourth-order valence-electron chi connectivity index (χ4n) is 0.979. The van der Waals surface area contributed by atoms with Gasteiger partial charge in [-0.05, 0) is 6.08 Å². The van der Waals surface area contributed by atoms with E-state index in [9.17, 15) is 4.79 Å². The Morgan fingerprint density at radius 3 is 3.31 bits per heavy atom. The molecular formula is C8H7N3O2. The van der Waals surface area contributed by atoms with E-state index in [-0.39, 0.29) is 12.5 Å². The molecule has 2 rings (SSSR count). The van der Waals surface area contributed by atoms with E-state index in [0.29, 0.717) is 17.4 Å². The number of ether oxygens (including phenoxy) is 1. The van der Waals surface area contributed by atoms with Crippen LogP contribution < -0.4 is 10.1 Å². The smallest absolute Gasteiger partial charge is 0.263 e. The maximum Gasteiger partial charge on any atom is 0.263 e. The van der Waals surface area contributed by atoms with Gasteiger partial charge in [0.25, 0.3) is 11.8 Å². The summed E-state index contributed by atoms with van der Waals surface area (Å²) in [4.78, 5) is 18.9. The van der Waals surface area contributed by atoms with Gasteiger partial charge in [-0.2, -0.15) is 0 Å². The largest absolute Gasteiger partial charge is 0.465 e. The molecule has 2 heterocycles. The first-order valence-corrected chi connectivity index (χ1v) is 3.72. The van der Waals surface area contributed by atoms with Crippen LogP contribution in [0.25, 0.3) is 6.08 Å². The molecule has 66 valence electrons. The summed E-state index contributed by atoms with van der Waals surface area (Å²) in [5.74, 6) is 0.488. The molecule has 0 spiro atoms. The highest BCUT2D eigenvalue weighted by Gasteiger charge is 2.18. The van der Waals surface area contributed by atoms with Crippen LogP contribution in [0, 0.1) is 0 Å². The average molecular weight is 177 g/mol. The molecule has 0 saturated heterocycles. The zero-order chi connectivity index (χ0) is 9.26. The summed E-state index contributed by atoms with van der Waals surface area (Å²) in [7, 11) is 0. The van der Waals surface area contributed by atoms with Crippen LogP contribution in [-0.4, -0.2) is 22.5 Å². The van der Waals surface area contributed by atoms with Crippen molar-refractivity contribution in [3.8, 4) is 5.88 Å². The van der Waals surface area contributed by atoms with Gasteiger partial charge < -0.3 is 10.1 Å². The highest BCUT2D eigenvalue weighted by atomic mass is 16.5. The van der Waals surface area contributed by atoms with Gasteiger partial charge in [0.2, 0.25) is 0 Å². The van der Waals surface area contributed by atoms with Crippen molar-refractivity contribution in [2.75, 3.05) is 11.9 Å². The van der Waals surface area contributed by atoms with Gasteiger partial charge in [-0.3, -0.25) is 4.79 Å². The van der Waals surface area contributed by atoms with Crippen molar-refractivity contribution < 1.29 is 9.53 Å². The third-order valence-corrected chi connectivity index (χ3v) is 1.56. The molecule has 0 saturated carbocycles. The predicted octanol–water partition coefficient (Wildman–Crippen LogP) is 0.450. The molecule has 0 unspecified atom stereocenters. The quantitative estimate of drug-likeness (QED) is 0.676. The molecule has 0 radical (unpaired) electrons. The van der Waals surface area contributed by atoms with Gasteiger partial charge in [-0.25, -0.2) is 9.97 Å². The maximum atomic E-state index is 10.9. The van der Waals surface area contributed by atoms with E-state index >= 15 is 0 Å². The Morgan fingerprint density at radius 1 is 1.69 bits per heavy atom. The molecule has 0 aromatic carbocycles. The molecular weight excluding hydrogens is 170 g/mol. The Balaban J connectivity index is 2.43. The first kappa shape index (κ1) is 7.72. The van der Waals surface area contributed by atoms with E-state index in [1.807, 2.05) is 0 Å². The first-order chi connectivity index (χ1) is 6.29. The van der Waals surface area contributed by atoms with Gasteiger partial charge in [0, 0.05) is 0 Å². The summed E-state index contributed by atoms with van der Waals surface area (Å²) >= 11 is 0. The van der Waals surface area contributed by atoms with Crippen LogP contribution in [0.15, 0.2) is 12.8 Å². The lowest BCUT2D eigenvalue weighted by molar-refractivity contribution is -0.118. The number of amides is 1. The molecule has 13 heavy (non-hydrogen) atoms. The minimum Gasteiger partial charge on any atom is -0.465 e. The van der Waals surface area contributed by atoms with Gasteiger partial charge in [-0.1, -0.05) is 6.58 Å². The number of carbonyl (C=O) groups excluding carboxylic acids is 1. The van der Waals surface area contributed by atoms with Crippen molar-refractivity contribution >= 4 is 17.8 Å². The third-order valence-electron chi connectivity index (χ3n) is 1.56. The Morgan fingerprint density at radius 2 is 2.54 bits per heavy atom. The minimum absolute atomic E-state index is 0.00485. The molecule has 1 aliphatic heterocycles. The number of anilines is 1. The number of nitrogens with one attached hydrogen (secondary N) is 1. The van der Waals surface area contributed by atoms with E-state index in [2.05, 4.69) is 21.9 Å². The molecule has 1 N–H and O–H groups in total. The lowest BCUT2D eigenvalue weighted by atomic mass is 10.4. The van der Waals surface area contributed by atoms with E-state index < -0.39 is 0 Å². The van der Waals surface area contributed by atoms with Crippen LogP contribution >= 0.6 is 0 Å². The third kappa shape index (κ3) is 1.35. The number of aromatic nitrogens is 2. The number of hydrogen-bond donors (Lipinski definition) is 1. The Bertz CT molecular complexity index is 376. The molecule has 1 amide bonds. The van der Waals surface area contributed by atoms with Crippen molar-refractivity contribution in [2.24, 2.45) is 0 Å². The SMILES string of the molecule is C=Cc1cnc2c(n1)NC(=O)CO2. The van der Waals surface area contributed by atoms with Crippen LogP contribution in [0.1, 0.15) is 5.69 Å². The number of carbonyl (C=O) groups is 1. The maximum absolute atomic E-state index is 10.9. The van der Waals surface area contributed by atoms with Crippen molar-refractivity contribution in [3.63, 3.8) is 0 Å². The lowest BCUT2D eigenvalue weighted by Gasteiger charge is -2.15. The van der Waals surface area contributed by atoms with Crippen LogP contribution in [0.2, 0.25) is 0 Å². The van der Waals surface area contributed by atoms with E-state index in [1.165, 1.54) is 6.20 Å². The van der Waals surface area contributed by atoms with Crippen molar-refractivity contribution in [2.45, 2.75) is 0 Å². The monoisotopic (exact) mass is 177 g/mol. The van der Waals surface area contributed by atoms with Crippen molar-refractivity contribution in [3.05, 3.63) is 18.5 Å². The zero-order valence-corrected chi connectivity index (χ0v) is 6.78. The predicted molar refractivity (Wildman–Crippen MR) is 46.2 cm³/mol. The number of fused-ring (bicyclic) bond motifs is 1. The first-order valence-electron chi connectivity index (χ1n) is 3.72. The second-order valence-corrected chi connectivity index (χ2v) is 2.49. The molecule has 1 aromatic rings. The normalized spacial score (nSPS) is 14.0. The summed E-state index contributed by atoms with van der Waals surface area (Å²) in [6.07, 6.45) is 3.08. The van der Waals surface area contributed by atoms with E-state index in [1.54, 1.807) is 6.08 Å². The molecule has 0 aliphatic carbocycles. The standard InChI is InChI=1S/C8H7N3O2/c1-2-5-3-9-8-7(10-5)11-6(12)4-13-8/h2-3H,1,4H2,(H,10,11,12). The fourth-order valence-corrected chi connectivity index (χ4v) is 0.979. The number of rotatable bonds is 1. The molecule has 5 nitrogen and oxygen atoms in total. The molecule has 0 fully saturated rings. The highest BCUT2D eigenvalue weighted by molar-refractivity contribution is 5.93.